The predicted molar refractivity (Wildman–Crippen MR) is 43.9 cm³/mol. The van der Waals surface area contributed by atoms with Crippen molar-refractivity contribution in [3.8, 4) is 0 Å². The number of halogens is 1. The maximum atomic E-state index is 10.9. The van der Waals surface area contributed by atoms with Crippen molar-refractivity contribution in [2.24, 2.45) is 5.92 Å². The molecule has 0 aliphatic carbocycles. The summed E-state index contributed by atoms with van der Waals surface area (Å²) < 4.78 is 0. The highest BCUT2D eigenvalue weighted by Gasteiger charge is 2.05. The van der Waals surface area contributed by atoms with Crippen molar-refractivity contribution in [3.05, 3.63) is 0 Å². The highest BCUT2D eigenvalue weighted by molar-refractivity contribution is 6.18. The van der Waals surface area contributed by atoms with E-state index in [9.17, 15) is 5.11 Å². The number of rotatable bonds is 5. The lowest BCUT2D eigenvalue weighted by Gasteiger charge is -2.08. The molecule has 1 nitrogen and oxygen atoms in total. The van der Waals surface area contributed by atoms with E-state index < -0.39 is 0 Å². The monoisotopic (exact) mass is 163 g/mol. The van der Waals surface area contributed by atoms with Crippen LogP contribution in [0, 0.1) is 5.92 Å². The van der Waals surface area contributed by atoms with Gasteiger partial charge in [0.05, 0.1) is 6.10 Å². The molecule has 0 aliphatic heterocycles. The Hall–Kier alpha value is 0.250. The lowest BCUT2D eigenvalue weighted by atomic mass is 10.0. The summed E-state index contributed by atoms with van der Waals surface area (Å²) in [6, 6.07) is 0. The molecule has 0 saturated carbocycles. The molecule has 0 saturated heterocycles. The largest absolute Gasteiger partial charge is 0.233 e. The van der Waals surface area contributed by atoms with Gasteiger partial charge in [0, 0.05) is 5.88 Å². The summed E-state index contributed by atoms with van der Waals surface area (Å²) in [5.41, 5.74) is 0. The smallest absolute Gasteiger partial charge is 0.0927 e. The molecule has 0 spiro atoms. The molecule has 0 fully saturated rings. The summed E-state index contributed by atoms with van der Waals surface area (Å²) in [5, 5.41) is 10.9. The molecule has 0 amide bonds. The van der Waals surface area contributed by atoms with Gasteiger partial charge in [0.1, 0.15) is 0 Å². The Morgan fingerprint density at radius 1 is 1.40 bits per heavy atom. The van der Waals surface area contributed by atoms with Gasteiger partial charge in [0.15, 0.2) is 0 Å². The van der Waals surface area contributed by atoms with Gasteiger partial charge in [-0.2, -0.15) is 0 Å². The van der Waals surface area contributed by atoms with Crippen LogP contribution in [-0.2, 0) is 5.11 Å². The minimum Gasteiger partial charge on any atom is -0.233 e. The second-order valence-electron chi connectivity index (χ2n) is 2.87. The van der Waals surface area contributed by atoms with Crippen LogP contribution >= 0.6 is 11.6 Å². The van der Waals surface area contributed by atoms with E-state index in [1.54, 1.807) is 0 Å². The van der Waals surface area contributed by atoms with Crippen molar-refractivity contribution >= 4 is 11.6 Å². The molecule has 0 heterocycles. The first-order chi connectivity index (χ1) is 4.70. The normalized spacial score (nSPS) is 16.8. The van der Waals surface area contributed by atoms with Crippen LogP contribution in [0.15, 0.2) is 0 Å². The first-order valence-electron chi connectivity index (χ1n) is 3.92. The van der Waals surface area contributed by atoms with E-state index in [2.05, 4.69) is 6.92 Å². The molecule has 2 unspecified atom stereocenters. The molecule has 0 aromatic rings. The third-order valence-corrected chi connectivity index (χ3v) is 2.23. The van der Waals surface area contributed by atoms with Gasteiger partial charge in [-0.25, -0.2) is 5.11 Å². The first-order valence-corrected chi connectivity index (χ1v) is 4.45. The lowest BCUT2D eigenvalue weighted by Crippen LogP contribution is -2.06. The van der Waals surface area contributed by atoms with Crippen LogP contribution in [0.3, 0.4) is 0 Å². The average Bonchev–Trinajstić information content (AvgIpc) is 1.99. The summed E-state index contributed by atoms with van der Waals surface area (Å²) in [6.07, 6.45) is 2.14. The van der Waals surface area contributed by atoms with Crippen LogP contribution in [0.1, 0.15) is 33.1 Å². The van der Waals surface area contributed by atoms with E-state index in [4.69, 9.17) is 11.6 Å². The summed E-state index contributed by atoms with van der Waals surface area (Å²) in [7, 11) is 0. The van der Waals surface area contributed by atoms with Crippen molar-refractivity contribution in [2.45, 2.75) is 39.2 Å². The molecule has 1 radical (unpaired) electrons. The third kappa shape index (κ3) is 5.07. The lowest BCUT2D eigenvalue weighted by molar-refractivity contribution is 0.0732. The van der Waals surface area contributed by atoms with Gasteiger partial charge in [0.2, 0.25) is 0 Å². The van der Waals surface area contributed by atoms with Gasteiger partial charge in [0.25, 0.3) is 0 Å². The molecule has 0 N–H and O–H groups in total. The topological polar surface area (TPSA) is 19.9 Å². The van der Waals surface area contributed by atoms with Crippen molar-refractivity contribution in [2.75, 3.05) is 5.88 Å². The molecule has 0 rings (SSSR count). The Balaban J connectivity index is 3.17. The second-order valence-corrected chi connectivity index (χ2v) is 3.18. The predicted octanol–water partition coefficient (Wildman–Crippen LogP) is 2.85. The van der Waals surface area contributed by atoms with E-state index in [0.29, 0.717) is 11.8 Å². The van der Waals surface area contributed by atoms with Gasteiger partial charge < -0.3 is 0 Å². The van der Waals surface area contributed by atoms with Gasteiger partial charge in [-0.15, -0.1) is 11.6 Å². The molecule has 61 valence electrons. The molecule has 2 heteroatoms. The fraction of sp³-hybridized carbons (Fsp3) is 1.00. The van der Waals surface area contributed by atoms with Crippen molar-refractivity contribution < 1.29 is 5.11 Å². The summed E-state index contributed by atoms with van der Waals surface area (Å²) in [4.78, 5) is 0. The van der Waals surface area contributed by atoms with Crippen LogP contribution in [0.4, 0.5) is 0 Å². The summed E-state index contributed by atoms with van der Waals surface area (Å²) >= 11 is 5.58. The zero-order chi connectivity index (χ0) is 7.98. The second kappa shape index (κ2) is 5.99. The van der Waals surface area contributed by atoms with E-state index in [1.807, 2.05) is 6.92 Å². The highest BCUT2D eigenvalue weighted by atomic mass is 35.5. The van der Waals surface area contributed by atoms with E-state index in [0.717, 1.165) is 19.3 Å². The van der Waals surface area contributed by atoms with Crippen LogP contribution in [0.25, 0.3) is 0 Å². The standard InChI is InChI=1S/C8H16ClO/c1-3-8(10)5-4-7(2)6-9/h7-8H,3-6H2,1-2H3. The quantitative estimate of drug-likeness (QED) is 0.556. The van der Waals surface area contributed by atoms with E-state index in [-0.39, 0.29) is 6.10 Å². The van der Waals surface area contributed by atoms with Crippen LogP contribution in [0.2, 0.25) is 0 Å². The molecule has 10 heavy (non-hydrogen) atoms. The molecular formula is C8H16ClO. The zero-order valence-electron chi connectivity index (χ0n) is 6.77. The maximum absolute atomic E-state index is 10.9. The Labute approximate surface area is 68.4 Å². The van der Waals surface area contributed by atoms with E-state index >= 15 is 0 Å². The SMILES string of the molecule is CCC([O])CCC(C)CCl. The van der Waals surface area contributed by atoms with Crippen LogP contribution in [0.5, 0.6) is 0 Å². The fourth-order valence-electron chi connectivity index (χ4n) is 0.752. The molecule has 0 aliphatic rings. The van der Waals surface area contributed by atoms with Crippen LogP contribution in [-0.4, -0.2) is 12.0 Å². The molecule has 0 aromatic heterocycles. The summed E-state index contributed by atoms with van der Waals surface area (Å²) in [5.74, 6) is 1.18. The van der Waals surface area contributed by atoms with Crippen LogP contribution < -0.4 is 0 Å². The molecule has 0 bridgehead atoms. The van der Waals surface area contributed by atoms with E-state index in [1.165, 1.54) is 0 Å². The maximum Gasteiger partial charge on any atom is 0.0927 e. The highest BCUT2D eigenvalue weighted by Crippen LogP contribution is 2.11. The van der Waals surface area contributed by atoms with Crippen molar-refractivity contribution in [1.82, 2.24) is 0 Å². The van der Waals surface area contributed by atoms with Crippen molar-refractivity contribution in [3.63, 3.8) is 0 Å². The van der Waals surface area contributed by atoms with Gasteiger partial charge in [-0.3, -0.25) is 0 Å². The number of hydrogen-bond donors (Lipinski definition) is 0. The zero-order valence-corrected chi connectivity index (χ0v) is 7.53. The Morgan fingerprint density at radius 2 is 2.00 bits per heavy atom. The minimum atomic E-state index is -0.370. The molecule has 2 atom stereocenters. The Kier molecular flexibility index (Phi) is 6.14. The Bertz CT molecular complexity index is 65.7. The van der Waals surface area contributed by atoms with Gasteiger partial charge >= 0.3 is 0 Å². The molecule has 0 aromatic carbocycles. The fourth-order valence-corrected chi connectivity index (χ4v) is 0.906. The number of hydrogen-bond acceptors (Lipinski definition) is 0. The van der Waals surface area contributed by atoms with Gasteiger partial charge in [-0.1, -0.05) is 13.8 Å². The minimum absolute atomic E-state index is 0.370. The molecular weight excluding hydrogens is 148 g/mol. The number of alkyl halides is 1. The first kappa shape index (κ1) is 10.2. The van der Waals surface area contributed by atoms with Crippen molar-refractivity contribution in [1.29, 1.82) is 0 Å². The summed E-state index contributed by atoms with van der Waals surface area (Å²) in [6.45, 7) is 4.01. The average molecular weight is 164 g/mol. The Morgan fingerprint density at radius 3 is 2.40 bits per heavy atom. The third-order valence-electron chi connectivity index (χ3n) is 1.70. The van der Waals surface area contributed by atoms with Gasteiger partial charge in [-0.05, 0) is 25.2 Å².